The fourth-order valence-electron chi connectivity index (χ4n) is 1.62. The first-order valence-electron chi connectivity index (χ1n) is 5.10. The van der Waals surface area contributed by atoms with Crippen molar-refractivity contribution < 1.29 is 9.47 Å². The zero-order valence-corrected chi connectivity index (χ0v) is 9.44. The first-order chi connectivity index (χ1) is 7.83. The molecule has 0 atom stereocenters. The maximum absolute atomic E-state index is 5.18. The summed E-state index contributed by atoms with van der Waals surface area (Å²) in [4.78, 5) is 0. The molecule has 0 unspecified atom stereocenters. The third kappa shape index (κ3) is 2.16. The van der Waals surface area contributed by atoms with Gasteiger partial charge in [-0.3, -0.25) is 0 Å². The van der Waals surface area contributed by atoms with E-state index in [4.69, 9.17) is 9.47 Å². The highest BCUT2D eigenvalue weighted by Crippen LogP contribution is 2.22. The first-order valence-corrected chi connectivity index (χ1v) is 5.10. The molecular weight excluding hydrogens is 200 g/mol. The van der Waals surface area contributed by atoms with Crippen LogP contribution in [0.4, 0.5) is 0 Å². The molecule has 0 amide bonds. The maximum Gasteiger partial charge on any atom is 0.119 e. The zero-order chi connectivity index (χ0) is 11.4. The van der Waals surface area contributed by atoms with Crippen LogP contribution in [0.1, 0.15) is 5.56 Å². The summed E-state index contributed by atoms with van der Waals surface area (Å²) < 4.78 is 10.1. The van der Waals surface area contributed by atoms with E-state index in [1.807, 2.05) is 18.2 Å². The van der Waals surface area contributed by atoms with Crippen molar-refractivity contribution in [2.45, 2.75) is 0 Å². The van der Waals surface area contributed by atoms with Gasteiger partial charge in [0.15, 0.2) is 0 Å². The molecule has 0 N–H and O–H groups in total. The molecule has 82 valence electrons. The molecule has 0 heterocycles. The largest absolute Gasteiger partial charge is 0.504 e. The zero-order valence-electron chi connectivity index (χ0n) is 9.44. The standard InChI is InChI=1S/C14H14O2/c1-15-8-7-11-3-4-13-10-14(16-2)6-5-12(13)9-11/h3-10H,1-2H3/b8-7-. The lowest BCUT2D eigenvalue weighted by Crippen LogP contribution is -1.82. The fourth-order valence-corrected chi connectivity index (χ4v) is 1.62. The lowest BCUT2D eigenvalue weighted by atomic mass is 10.1. The Morgan fingerprint density at radius 2 is 1.69 bits per heavy atom. The van der Waals surface area contributed by atoms with Gasteiger partial charge in [0.25, 0.3) is 0 Å². The highest BCUT2D eigenvalue weighted by Gasteiger charge is 1.96. The maximum atomic E-state index is 5.18. The van der Waals surface area contributed by atoms with Crippen LogP contribution in [0.15, 0.2) is 42.7 Å². The van der Waals surface area contributed by atoms with Crippen LogP contribution in [0, 0.1) is 0 Å². The summed E-state index contributed by atoms with van der Waals surface area (Å²) in [5, 5.41) is 2.37. The third-order valence-electron chi connectivity index (χ3n) is 2.47. The van der Waals surface area contributed by atoms with Crippen LogP contribution in [-0.4, -0.2) is 14.2 Å². The predicted octanol–water partition coefficient (Wildman–Crippen LogP) is 3.47. The van der Waals surface area contributed by atoms with Gasteiger partial charge in [0, 0.05) is 0 Å². The summed E-state index contributed by atoms with van der Waals surface area (Å²) in [6.07, 6.45) is 3.61. The van der Waals surface area contributed by atoms with Gasteiger partial charge in [-0.25, -0.2) is 0 Å². The van der Waals surface area contributed by atoms with Crippen molar-refractivity contribution in [1.29, 1.82) is 0 Å². The molecular formula is C14H14O2. The van der Waals surface area contributed by atoms with Gasteiger partial charge < -0.3 is 9.47 Å². The Labute approximate surface area is 95.1 Å². The summed E-state index contributed by atoms with van der Waals surface area (Å²) in [6, 6.07) is 12.3. The third-order valence-corrected chi connectivity index (χ3v) is 2.47. The van der Waals surface area contributed by atoms with Crippen molar-refractivity contribution in [3.05, 3.63) is 48.2 Å². The SMILES string of the molecule is CO/C=C\c1ccc2cc(OC)ccc2c1. The Balaban J connectivity index is 2.43. The van der Waals surface area contributed by atoms with Crippen LogP contribution in [0.25, 0.3) is 16.8 Å². The predicted molar refractivity (Wildman–Crippen MR) is 66.5 cm³/mol. The van der Waals surface area contributed by atoms with E-state index < -0.39 is 0 Å². The van der Waals surface area contributed by atoms with Crippen LogP contribution in [-0.2, 0) is 4.74 Å². The lowest BCUT2D eigenvalue weighted by Gasteiger charge is -2.03. The number of hydrogen-bond donors (Lipinski definition) is 0. The summed E-state index contributed by atoms with van der Waals surface area (Å²) >= 11 is 0. The average Bonchev–Trinajstić information content (AvgIpc) is 2.35. The molecule has 2 aromatic carbocycles. The van der Waals surface area contributed by atoms with Crippen molar-refractivity contribution in [3.8, 4) is 5.75 Å². The second-order valence-corrected chi connectivity index (χ2v) is 3.51. The van der Waals surface area contributed by atoms with E-state index in [1.165, 1.54) is 10.8 Å². The molecule has 0 aliphatic carbocycles. The smallest absolute Gasteiger partial charge is 0.119 e. The minimum atomic E-state index is 0.882. The molecule has 0 fully saturated rings. The van der Waals surface area contributed by atoms with E-state index in [0.29, 0.717) is 0 Å². The Morgan fingerprint density at radius 3 is 2.44 bits per heavy atom. The van der Waals surface area contributed by atoms with Crippen molar-refractivity contribution >= 4 is 16.8 Å². The van der Waals surface area contributed by atoms with Crippen molar-refractivity contribution in [1.82, 2.24) is 0 Å². The van der Waals surface area contributed by atoms with Crippen molar-refractivity contribution in [2.75, 3.05) is 14.2 Å². The molecule has 0 bridgehead atoms. The Kier molecular flexibility index (Phi) is 3.10. The van der Waals surface area contributed by atoms with Gasteiger partial charge >= 0.3 is 0 Å². The molecule has 16 heavy (non-hydrogen) atoms. The van der Waals surface area contributed by atoms with Gasteiger partial charge in [-0.15, -0.1) is 0 Å². The highest BCUT2D eigenvalue weighted by atomic mass is 16.5. The van der Waals surface area contributed by atoms with E-state index in [0.717, 1.165) is 11.3 Å². The Bertz CT molecular complexity index is 515. The lowest BCUT2D eigenvalue weighted by molar-refractivity contribution is 0.341. The number of ether oxygens (including phenoxy) is 2. The average molecular weight is 214 g/mol. The van der Waals surface area contributed by atoms with Crippen molar-refractivity contribution in [3.63, 3.8) is 0 Å². The van der Waals surface area contributed by atoms with Crippen LogP contribution in [0.2, 0.25) is 0 Å². The Morgan fingerprint density at radius 1 is 0.938 bits per heavy atom. The molecule has 0 saturated heterocycles. The fraction of sp³-hybridized carbons (Fsp3) is 0.143. The van der Waals surface area contributed by atoms with E-state index in [1.54, 1.807) is 20.5 Å². The van der Waals surface area contributed by atoms with Crippen LogP contribution >= 0.6 is 0 Å². The van der Waals surface area contributed by atoms with Crippen LogP contribution in [0.3, 0.4) is 0 Å². The molecule has 0 aromatic heterocycles. The second kappa shape index (κ2) is 4.71. The number of hydrogen-bond acceptors (Lipinski definition) is 2. The van der Waals surface area contributed by atoms with E-state index in [2.05, 4.69) is 24.3 Å². The van der Waals surface area contributed by atoms with Gasteiger partial charge in [-0.1, -0.05) is 18.2 Å². The van der Waals surface area contributed by atoms with E-state index in [9.17, 15) is 0 Å². The van der Waals surface area contributed by atoms with E-state index >= 15 is 0 Å². The van der Waals surface area contributed by atoms with Crippen molar-refractivity contribution in [2.24, 2.45) is 0 Å². The summed E-state index contributed by atoms with van der Waals surface area (Å²) in [5.41, 5.74) is 1.12. The topological polar surface area (TPSA) is 18.5 Å². The number of fused-ring (bicyclic) bond motifs is 1. The summed E-state index contributed by atoms with van der Waals surface area (Å²) in [7, 11) is 3.32. The molecule has 2 rings (SSSR count). The number of benzene rings is 2. The number of methoxy groups -OCH3 is 2. The van der Waals surface area contributed by atoms with Gasteiger partial charge in [0.2, 0.25) is 0 Å². The number of rotatable bonds is 3. The molecule has 2 heteroatoms. The minimum absolute atomic E-state index is 0.882. The molecule has 0 radical (unpaired) electrons. The first kappa shape index (κ1) is 10.6. The molecule has 0 aliphatic rings. The van der Waals surface area contributed by atoms with Crippen LogP contribution < -0.4 is 4.74 Å². The minimum Gasteiger partial charge on any atom is -0.504 e. The van der Waals surface area contributed by atoms with Gasteiger partial charge in [0.1, 0.15) is 5.75 Å². The molecule has 2 nitrogen and oxygen atoms in total. The highest BCUT2D eigenvalue weighted by molar-refractivity contribution is 5.85. The van der Waals surface area contributed by atoms with Gasteiger partial charge in [-0.2, -0.15) is 0 Å². The summed E-state index contributed by atoms with van der Waals surface area (Å²) in [6.45, 7) is 0. The Hall–Kier alpha value is -1.96. The van der Waals surface area contributed by atoms with E-state index in [-0.39, 0.29) is 0 Å². The molecule has 0 aliphatic heterocycles. The molecule has 0 saturated carbocycles. The summed E-state index contributed by atoms with van der Waals surface area (Å²) in [5.74, 6) is 0.882. The quantitative estimate of drug-likeness (QED) is 0.728. The van der Waals surface area contributed by atoms with Crippen LogP contribution in [0.5, 0.6) is 5.75 Å². The molecule has 2 aromatic rings. The van der Waals surface area contributed by atoms with Gasteiger partial charge in [-0.05, 0) is 40.6 Å². The normalized spacial score (nSPS) is 10.9. The molecule has 0 spiro atoms. The monoisotopic (exact) mass is 214 g/mol. The van der Waals surface area contributed by atoms with Gasteiger partial charge in [0.05, 0.1) is 20.5 Å². The second-order valence-electron chi connectivity index (χ2n) is 3.51.